The molecule has 31 heavy (non-hydrogen) atoms. The zero-order chi connectivity index (χ0) is 21.6. The Hall–Kier alpha value is -4.07. The van der Waals surface area contributed by atoms with Gasteiger partial charge in [-0.3, -0.25) is 4.79 Å². The van der Waals surface area contributed by atoms with Crippen molar-refractivity contribution in [3.8, 4) is 5.75 Å². The quantitative estimate of drug-likeness (QED) is 0.360. The Labute approximate surface area is 179 Å². The summed E-state index contributed by atoms with van der Waals surface area (Å²) >= 11 is 0. The van der Waals surface area contributed by atoms with E-state index in [1.165, 1.54) is 5.01 Å². The van der Waals surface area contributed by atoms with Crippen molar-refractivity contribution in [2.45, 2.75) is 12.5 Å². The van der Waals surface area contributed by atoms with Gasteiger partial charge in [0.05, 0.1) is 19.1 Å². The number of hydrogen-bond acceptors (Lipinski definition) is 6. The third-order valence-electron chi connectivity index (χ3n) is 4.88. The fourth-order valence-corrected chi connectivity index (χ4v) is 3.29. The number of amidine groups is 1. The van der Waals surface area contributed by atoms with Gasteiger partial charge in [-0.05, 0) is 42.0 Å². The van der Waals surface area contributed by atoms with Crippen LogP contribution in [0.25, 0.3) is 0 Å². The first kappa shape index (κ1) is 20.2. The Kier molecular flexibility index (Phi) is 5.98. The van der Waals surface area contributed by atoms with Gasteiger partial charge in [0, 0.05) is 12.0 Å². The van der Waals surface area contributed by atoms with Gasteiger partial charge in [0.15, 0.2) is 12.4 Å². The van der Waals surface area contributed by atoms with Gasteiger partial charge in [-0.15, -0.1) is 0 Å². The van der Waals surface area contributed by atoms with E-state index in [2.05, 4.69) is 10.3 Å². The van der Waals surface area contributed by atoms with E-state index < -0.39 is 0 Å². The molecule has 1 aliphatic rings. The third-order valence-corrected chi connectivity index (χ3v) is 4.88. The summed E-state index contributed by atoms with van der Waals surface area (Å²) in [6.07, 6.45) is 2.09. The molecule has 0 aliphatic carbocycles. The Morgan fingerprint density at radius 3 is 2.61 bits per heavy atom. The zero-order valence-electron chi connectivity index (χ0n) is 17.0. The van der Waals surface area contributed by atoms with Gasteiger partial charge in [0.2, 0.25) is 0 Å². The van der Waals surface area contributed by atoms with Crippen molar-refractivity contribution in [3.63, 3.8) is 0 Å². The number of nitrogens with zero attached hydrogens (tertiary/aromatic N) is 3. The number of amides is 1. The van der Waals surface area contributed by atoms with Gasteiger partial charge in [0.25, 0.3) is 5.91 Å². The van der Waals surface area contributed by atoms with Crippen LogP contribution in [0.4, 0.5) is 0 Å². The van der Waals surface area contributed by atoms with Crippen molar-refractivity contribution in [3.05, 3.63) is 89.9 Å². The molecule has 8 heteroatoms. The van der Waals surface area contributed by atoms with E-state index in [1.807, 2.05) is 60.7 Å². The van der Waals surface area contributed by atoms with Gasteiger partial charge < -0.3 is 19.7 Å². The number of hydrazone groups is 1. The average molecular weight is 418 g/mol. The molecule has 2 aromatic carbocycles. The molecule has 1 unspecified atom stereocenters. The van der Waals surface area contributed by atoms with Crippen LogP contribution in [-0.2, 0) is 9.63 Å². The molecule has 3 aromatic rings. The first-order valence-corrected chi connectivity index (χ1v) is 9.74. The van der Waals surface area contributed by atoms with Crippen LogP contribution in [0.1, 0.15) is 29.3 Å². The summed E-state index contributed by atoms with van der Waals surface area (Å²) in [5, 5.41) is 9.78. The van der Waals surface area contributed by atoms with Crippen LogP contribution in [-0.4, -0.2) is 36.2 Å². The minimum absolute atomic E-state index is 0.194. The molecule has 0 spiro atoms. The summed E-state index contributed by atoms with van der Waals surface area (Å²) < 4.78 is 10.8. The molecule has 1 amide bonds. The number of nitrogens with two attached hydrogens (primary N) is 1. The van der Waals surface area contributed by atoms with E-state index >= 15 is 0 Å². The largest absolute Gasteiger partial charge is 0.497 e. The molecule has 2 heterocycles. The molecule has 0 fully saturated rings. The summed E-state index contributed by atoms with van der Waals surface area (Å²) in [4.78, 5) is 18.1. The second-order valence-corrected chi connectivity index (χ2v) is 6.86. The van der Waals surface area contributed by atoms with Crippen LogP contribution < -0.4 is 10.5 Å². The number of hydrogen-bond donors (Lipinski definition) is 1. The molecular formula is C23H22N4O4. The average Bonchev–Trinajstić information content (AvgIpc) is 3.49. The summed E-state index contributed by atoms with van der Waals surface area (Å²) in [6, 6.07) is 20.0. The molecule has 4 rings (SSSR count). The van der Waals surface area contributed by atoms with E-state index in [1.54, 1.807) is 19.4 Å². The lowest BCUT2D eigenvalue weighted by molar-refractivity contribution is -0.138. The summed E-state index contributed by atoms with van der Waals surface area (Å²) in [7, 11) is 1.61. The van der Waals surface area contributed by atoms with Gasteiger partial charge >= 0.3 is 0 Å². The zero-order valence-corrected chi connectivity index (χ0v) is 17.0. The van der Waals surface area contributed by atoms with Crippen LogP contribution in [0, 0.1) is 0 Å². The lowest BCUT2D eigenvalue weighted by Crippen LogP contribution is -2.30. The smallest absolute Gasteiger partial charge is 0.284 e. The van der Waals surface area contributed by atoms with E-state index in [0.29, 0.717) is 17.7 Å². The Morgan fingerprint density at radius 1 is 1.16 bits per heavy atom. The fraction of sp³-hybridized carbons (Fsp3) is 0.174. The SMILES string of the molecule is COc1ccc(C2=NN(C(=O)CO/N=C(\N)c3ccccc3)C(c3ccco3)C2)cc1. The van der Waals surface area contributed by atoms with E-state index in [0.717, 1.165) is 17.0 Å². The van der Waals surface area contributed by atoms with E-state index in [4.69, 9.17) is 19.7 Å². The van der Waals surface area contributed by atoms with Crippen molar-refractivity contribution in [1.29, 1.82) is 0 Å². The van der Waals surface area contributed by atoms with Gasteiger partial charge in [-0.1, -0.05) is 35.5 Å². The molecule has 1 aromatic heterocycles. The lowest BCUT2D eigenvalue weighted by Gasteiger charge is -2.19. The van der Waals surface area contributed by atoms with Crippen molar-refractivity contribution in [1.82, 2.24) is 5.01 Å². The van der Waals surface area contributed by atoms with E-state index in [9.17, 15) is 4.79 Å². The van der Waals surface area contributed by atoms with Crippen LogP contribution in [0.5, 0.6) is 5.75 Å². The Morgan fingerprint density at radius 2 is 1.94 bits per heavy atom. The van der Waals surface area contributed by atoms with Crippen molar-refractivity contribution >= 4 is 17.5 Å². The molecule has 0 saturated carbocycles. The molecule has 1 atom stereocenters. The summed E-state index contributed by atoms with van der Waals surface area (Å²) in [5.41, 5.74) is 8.29. The van der Waals surface area contributed by atoms with Crippen LogP contribution >= 0.6 is 0 Å². The normalized spacial score (nSPS) is 16.2. The lowest BCUT2D eigenvalue weighted by atomic mass is 10.0. The van der Waals surface area contributed by atoms with Crippen LogP contribution in [0.15, 0.2) is 87.7 Å². The highest BCUT2D eigenvalue weighted by atomic mass is 16.6. The summed E-state index contributed by atoms with van der Waals surface area (Å²) in [5.74, 6) is 1.24. The van der Waals surface area contributed by atoms with Crippen molar-refractivity contribution in [2.75, 3.05) is 13.7 Å². The van der Waals surface area contributed by atoms with E-state index in [-0.39, 0.29) is 24.4 Å². The topological polar surface area (TPSA) is 103 Å². The molecular weight excluding hydrogens is 396 g/mol. The Balaban J connectivity index is 1.49. The highest BCUT2D eigenvalue weighted by Gasteiger charge is 2.35. The van der Waals surface area contributed by atoms with Gasteiger partial charge in [-0.25, -0.2) is 5.01 Å². The number of benzene rings is 2. The second-order valence-electron chi connectivity index (χ2n) is 6.86. The first-order chi connectivity index (χ1) is 15.2. The number of rotatable bonds is 7. The predicted octanol–water partition coefficient (Wildman–Crippen LogP) is 3.30. The number of oxime groups is 1. The number of carbonyl (C=O) groups excluding carboxylic acids is 1. The number of furan rings is 1. The van der Waals surface area contributed by atoms with Gasteiger partial charge in [0.1, 0.15) is 17.6 Å². The standard InChI is InChI=1S/C23H22N4O4/c1-29-18-11-9-16(10-12-18)19-14-20(21-8-5-13-30-21)27(25-19)22(28)15-31-26-23(24)17-6-3-2-4-7-17/h2-13,20H,14-15H2,1H3,(H2,24,26). The highest BCUT2D eigenvalue weighted by Crippen LogP contribution is 2.33. The minimum atomic E-state index is -0.362. The third kappa shape index (κ3) is 4.58. The van der Waals surface area contributed by atoms with Gasteiger partial charge in [-0.2, -0.15) is 5.10 Å². The first-order valence-electron chi connectivity index (χ1n) is 9.74. The number of carbonyl (C=O) groups is 1. The van der Waals surface area contributed by atoms with Crippen LogP contribution in [0.3, 0.4) is 0 Å². The van der Waals surface area contributed by atoms with Crippen molar-refractivity contribution < 1.29 is 18.8 Å². The number of methoxy groups -OCH3 is 1. The molecule has 0 bridgehead atoms. The highest BCUT2D eigenvalue weighted by molar-refractivity contribution is 6.03. The maximum atomic E-state index is 12.9. The molecule has 158 valence electrons. The summed E-state index contributed by atoms with van der Waals surface area (Å²) in [6.45, 7) is -0.301. The molecule has 0 radical (unpaired) electrons. The monoisotopic (exact) mass is 418 g/mol. The second kappa shape index (κ2) is 9.17. The molecule has 8 nitrogen and oxygen atoms in total. The maximum absolute atomic E-state index is 12.9. The predicted molar refractivity (Wildman–Crippen MR) is 116 cm³/mol. The minimum Gasteiger partial charge on any atom is -0.497 e. The van der Waals surface area contributed by atoms with Crippen molar-refractivity contribution in [2.24, 2.45) is 16.0 Å². The number of ether oxygens (including phenoxy) is 1. The molecule has 2 N–H and O–H groups in total. The van der Waals surface area contributed by atoms with Crippen LogP contribution in [0.2, 0.25) is 0 Å². The Bertz CT molecular complexity index is 1080. The molecule has 1 aliphatic heterocycles. The fourth-order valence-electron chi connectivity index (χ4n) is 3.29. The molecule has 0 saturated heterocycles. The maximum Gasteiger partial charge on any atom is 0.284 e.